The van der Waals surface area contributed by atoms with Crippen molar-refractivity contribution in [2.24, 2.45) is 0 Å². The van der Waals surface area contributed by atoms with Crippen LogP contribution in [-0.4, -0.2) is 15.0 Å². The van der Waals surface area contributed by atoms with Gasteiger partial charge in [0.1, 0.15) is 5.82 Å². The standard InChI is InChI=1S/C13H10N4/c14-13-8-10(3-4-17-13)9-1-2-11-12(7-9)16-6-5-15-11/h1-8H,(H2,14,17). The molecule has 0 radical (unpaired) electrons. The minimum Gasteiger partial charge on any atom is -0.384 e. The molecular formula is C13H10N4. The number of aromatic nitrogens is 3. The first kappa shape index (κ1) is 9.72. The summed E-state index contributed by atoms with van der Waals surface area (Å²) in [7, 11) is 0. The van der Waals surface area contributed by atoms with Gasteiger partial charge in [0, 0.05) is 18.6 Å². The number of anilines is 1. The Morgan fingerprint density at radius 2 is 1.47 bits per heavy atom. The van der Waals surface area contributed by atoms with Gasteiger partial charge in [0.25, 0.3) is 0 Å². The number of nitrogens with zero attached hydrogens (tertiary/aromatic N) is 3. The van der Waals surface area contributed by atoms with Crippen LogP contribution in [-0.2, 0) is 0 Å². The maximum Gasteiger partial charge on any atom is 0.123 e. The average molecular weight is 222 g/mol. The number of nitrogens with two attached hydrogens (primary N) is 1. The van der Waals surface area contributed by atoms with Crippen molar-refractivity contribution in [1.82, 2.24) is 15.0 Å². The van der Waals surface area contributed by atoms with Crippen LogP contribution >= 0.6 is 0 Å². The van der Waals surface area contributed by atoms with E-state index >= 15 is 0 Å². The molecule has 0 saturated carbocycles. The summed E-state index contributed by atoms with van der Waals surface area (Å²) in [4.78, 5) is 12.5. The second-order valence-electron chi connectivity index (χ2n) is 3.73. The zero-order valence-corrected chi connectivity index (χ0v) is 9.04. The van der Waals surface area contributed by atoms with Crippen LogP contribution in [0.2, 0.25) is 0 Å². The first-order valence-electron chi connectivity index (χ1n) is 5.25. The lowest BCUT2D eigenvalue weighted by Gasteiger charge is -2.03. The third-order valence-electron chi connectivity index (χ3n) is 2.58. The van der Waals surface area contributed by atoms with Gasteiger partial charge in [-0.05, 0) is 35.4 Å². The smallest absolute Gasteiger partial charge is 0.123 e. The molecule has 2 N–H and O–H groups in total. The normalized spacial score (nSPS) is 10.6. The molecule has 0 unspecified atom stereocenters. The highest BCUT2D eigenvalue weighted by Gasteiger charge is 2.01. The number of hydrogen-bond donors (Lipinski definition) is 1. The van der Waals surface area contributed by atoms with Crippen LogP contribution in [0.4, 0.5) is 5.82 Å². The molecule has 0 atom stereocenters. The third kappa shape index (κ3) is 1.80. The van der Waals surface area contributed by atoms with Crippen LogP contribution in [0.25, 0.3) is 22.2 Å². The Morgan fingerprint density at radius 3 is 2.29 bits per heavy atom. The van der Waals surface area contributed by atoms with Crippen LogP contribution < -0.4 is 5.73 Å². The van der Waals surface area contributed by atoms with Gasteiger partial charge in [-0.1, -0.05) is 6.07 Å². The van der Waals surface area contributed by atoms with Gasteiger partial charge >= 0.3 is 0 Å². The zero-order chi connectivity index (χ0) is 11.7. The molecule has 0 aliphatic rings. The van der Waals surface area contributed by atoms with Crippen LogP contribution in [0, 0.1) is 0 Å². The number of pyridine rings is 1. The lowest BCUT2D eigenvalue weighted by Crippen LogP contribution is -1.90. The molecule has 1 aromatic carbocycles. The summed E-state index contributed by atoms with van der Waals surface area (Å²) in [5.41, 5.74) is 9.53. The van der Waals surface area contributed by atoms with Gasteiger partial charge in [0.05, 0.1) is 11.0 Å². The van der Waals surface area contributed by atoms with E-state index in [1.807, 2.05) is 30.3 Å². The van der Waals surface area contributed by atoms with E-state index in [1.54, 1.807) is 18.6 Å². The third-order valence-corrected chi connectivity index (χ3v) is 2.58. The maximum absolute atomic E-state index is 5.67. The Bertz CT molecular complexity index is 679. The minimum absolute atomic E-state index is 0.516. The second kappa shape index (κ2) is 3.83. The quantitative estimate of drug-likeness (QED) is 0.686. The van der Waals surface area contributed by atoms with Gasteiger partial charge in [-0.15, -0.1) is 0 Å². The Kier molecular flexibility index (Phi) is 2.19. The van der Waals surface area contributed by atoms with Gasteiger partial charge in [-0.3, -0.25) is 9.97 Å². The number of fused-ring (bicyclic) bond motifs is 1. The van der Waals surface area contributed by atoms with Gasteiger partial charge in [-0.2, -0.15) is 0 Å². The monoisotopic (exact) mass is 222 g/mol. The molecule has 0 bridgehead atoms. The summed E-state index contributed by atoms with van der Waals surface area (Å²) >= 11 is 0. The molecule has 82 valence electrons. The highest BCUT2D eigenvalue weighted by atomic mass is 14.8. The summed E-state index contributed by atoms with van der Waals surface area (Å²) in [5, 5.41) is 0. The Balaban J connectivity index is 2.18. The van der Waals surface area contributed by atoms with E-state index in [1.165, 1.54) is 0 Å². The molecule has 0 fully saturated rings. The first-order valence-corrected chi connectivity index (χ1v) is 5.25. The molecular weight excluding hydrogens is 212 g/mol. The van der Waals surface area contributed by atoms with Crippen LogP contribution in [0.1, 0.15) is 0 Å². The van der Waals surface area contributed by atoms with E-state index in [2.05, 4.69) is 15.0 Å². The molecule has 0 aliphatic carbocycles. The molecule has 0 saturated heterocycles. The number of benzene rings is 1. The van der Waals surface area contributed by atoms with E-state index in [-0.39, 0.29) is 0 Å². The van der Waals surface area contributed by atoms with E-state index in [0.717, 1.165) is 22.2 Å². The van der Waals surface area contributed by atoms with Gasteiger partial charge in [-0.25, -0.2) is 4.98 Å². The lowest BCUT2D eigenvalue weighted by molar-refractivity contribution is 1.29. The predicted octanol–water partition coefficient (Wildman–Crippen LogP) is 2.27. The molecule has 4 nitrogen and oxygen atoms in total. The van der Waals surface area contributed by atoms with Crippen molar-refractivity contribution < 1.29 is 0 Å². The molecule has 0 amide bonds. The molecule has 2 aromatic heterocycles. The van der Waals surface area contributed by atoms with Crippen molar-refractivity contribution in [2.45, 2.75) is 0 Å². The first-order chi connectivity index (χ1) is 8.33. The van der Waals surface area contributed by atoms with E-state index in [9.17, 15) is 0 Å². The summed E-state index contributed by atoms with van der Waals surface area (Å²) in [6.07, 6.45) is 5.07. The van der Waals surface area contributed by atoms with E-state index in [4.69, 9.17) is 5.73 Å². The zero-order valence-electron chi connectivity index (χ0n) is 9.04. The van der Waals surface area contributed by atoms with Crippen molar-refractivity contribution in [3.05, 3.63) is 48.9 Å². The van der Waals surface area contributed by atoms with Crippen LogP contribution in [0.3, 0.4) is 0 Å². The Labute approximate surface area is 98.2 Å². The Hall–Kier alpha value is -2.49. The van der Waals surface area contributed by atoms with Crippen molar-refractivity contribution in [2.75, 3.05) is 5.73 Å². The van der Waals surface area contributed by atoms with Crippen LogP contribution in [0.15, 0.2) is 48.9 Å². The molecule has 0 spiro atoms. The van der Waals surface area contributed by atoms with Crippen LogP contribution in [0.5, 0.6) is 0 Å². The fourth-order valence-electron chi connectivity index (χ4n) is 1.77. The lowest BCUT2D eigenvalue weighted by atomic mass is 10.1. The van der Waals surface area contributed by atoms with Gasteiger partial charge in [0.2, 0.25) is 0 Å². The van der Waals surface area contributed by atoms with Crippen molar-refractivity contribution >= 4 is 16.9 Å². The highest BCUT2D eigenvalue weighted by molar-refractivity contribution is 5.81. The largest absolute Gasteiger partial charge is 0.384 e. The number of rotatable bonds is 1. The number of nitrogen functional groups attached to an aromatic ring is 1. The summed E-state index contributed by atoms with van der Waals surface area (Å²) in [6, 6.07) is 9.72. The Morgan fingerprint density at radius 1 is 0.706 bits per heavy atom. The average Bonchev–Trinajstić information content (AvgIpc) is 2.38. The van der Waals surface area contributed by atoms with E-state index < -0.39 is 0 Å². The fraction of sp³-hybridized carbons (Fsp3) is 0. The molecule has 0 aliphatic heterocycles. The summed E-state index contributed by atoms with van der Waals surface area (Å²) in [5.74, 6) is 0.516. The highest BCUT2D eigenvalue weighted by Crippen LogP contribution is 2.22. The van der Waals surface area contributed by atoms with Gasteiger partial charge < -0.3 is 5.73 Å². The fourth-order valence-corrected chi connectivity index (χ4v) is 1.77. The summed E-state index contributed by atoms with van der Waals surface area (Å²) in [6.45, 7) is 0. The molecule has 2 heterocycles. The van der Waals surface area contributed by atoms with Crippen molar-refractivity contribution in [3.63, 3.8) is 0 Å². The van der Waals surface area contributed by atoms with E-state index in [0.29, 0.717) is 5.82 Å². The molecule has 3 rings (SSSR count). The molecule has 17 heavy (non-hydrogen) atoms. The van der Waals surface area contributed by atoms with Crippen molar-refractivity contribution in [3.8, 4) is 11.1 Å². The summed E-state index contributed by atoms with van der Waals surface area (Å²) < 4.78 is 0. The second-order valence-corrected chi connectivity index (χ2v) is 3.73. The molecule has 4 heteroatoms. The predicted molar refractivity (Wildman–Crippen MR) is 67.2 cm³/mol. The minimum atomic E-state index is 0.516. The maximum atomic E-state index is 5.67. The number of hydrogen-bond acceptors (Lipinski definition) is 4. The SMILES string of the molecule is Nc1cc(-c2ccc3nccnc3c2)ccn1. The van der Waals surface area contributed by atoms with Gasteiger partial charge in [0.15, 0.2) is 0 Å². The molecule has 3 aromatic rings. The van der Waals surface area contributed by atoms with Crippen molar-refractivity contribution in [1.29, 1.82) is 0 Å². The topological polar surface area (TPSA) is 64.7 Å².